The largest absolute Gasteiger partial charge is 0.314 e. The first kappa shape index (κ1) is 12.3. The quantitative estimate of drug-likeness (QED) is 0.757. The first-order valence-electron chi connectivity index (χ1n) is 7.07. The molecule has 16 heavy (non-hydrogen) atoms. The molecule has 0 aromatic carbocycles. The Balaban J connectivity index is 1.63. The summed E-state index contributed by atoms with van der Waals surface area (Å²) in [7, 11) is 0. The van der Waals surface area contributed by atoms with E-state index >= 15 is 0 Å². The van der Waals surface area contributed by atoms with Crippen molar-refractivity contribution in [3.63, 3.8) is 0 Å². The van der Waals surface area contributed by atoms with Gasteiger partial charge in [0.1, 0.15) is 0 Å². The molecule has 0 aromatic heterocycles. The van der Waals surface area contributed by atoms with Crippen molar-refractivity contribution < 1.29 is 0 Å². The van der Waals surface area contributed by atoms with Crippen LogP contribution in [0.15, 0.2) is 0 Å². The molecule has 2 aliphatic heterocycles. The van der Waals surface area contributed by atoms with E-state index in [0.29, 0.717) is 0 Å². The van der Waals surface area contributed by atoms with Gasteiger partial charge in [-0.05, 0) is 51.9 Å². The predicted octanol–water partition coefficient (Wildman–Crippen LogP) is 1.16. The number of hydrogen-bond donors (Lipinski definition) is 1. The maximum Gasteiger partial charge on any atom is 0.0218 e. The fourth-order valence-electron chi connectivity index (χ4n) is 3.00. The van der Waals surface area contributed by atoms with E-state index in [1.807, 2.05) is 0 Å². The third-order valence-corrected chi connectivity index (χ3v) is 4.06. The molecule has 0 spiro atoms. The molecule has 0 saturated carbocycles. The Bertz CT molecular complexity index is 190. The van der Waals surface area contributed by atoms with Gasteiger partial charge in [0.05, 0.1) is 0 Å². The molecule has 94 valence electrons. The molecular weight excluding hydrogens is 198 g/mol. The molecule has 2 saturated heterocycles. The molecular formula is C13H27N3. The molecule has 0 radical (unpaired) electrons. The number of nitrogens with one attached hydrogen (secondary N) is 1. The summed E-state index contributed by atoms with van der Waals surface area (Å²) in [6, 6.07) is 0.785. The third-order valence-electron chi connectivity index (χ3n) is 4.06. The minimum absolute atomic E-state index is 0.785. The number of hydrogen-bond acceptors (Lipinski definition) is 3. The summed E-state index contributed by atoms with van der Waals surface area (Å²) in [6.45, 7) is 11.2. The van der Waals surface area contributed by atoms with E-state index in [1.165, 1.54) is 71.5 Å². The van der Waals surface area contributed by atoms with Crippen LogP contribution < -0.4 is 5.32 Å². The zero-order chi connectivity index (χ0) is 11.2. The van der Waals surface area contributed by atoms with E-state index in [2.05, 4.69) is 22.0 Å². The Morgan fingerprint density at radius 2 is 1.94 bits per heavy atom. The van der Waals surface area contributed by atoms with Crippen molar-refractivity contribution in [3.8, 4) is 0 Å². The van der Waals surface area contributed by atoms with Gasteiger partial charge in [0.25, 0.3) is 0 Å². The van der Waals surface area contributed by atoms with Crippen molar-refractivity contribution in [2.75, 3.05) is 45.8 Å². The summed E-state index contributed by atoms with van der Waals surface area (Å²) < 4.78 is 0. The summed E-state index contributed by atoms with van der Waals surface area (Å²) >= 11 is 0. The first-order valence-corrected chi connectivity index (χ1v) is 7.07. The number of nitrogens with zero attached hydrogens (tertiary/aromatic N) is 2. The maximum absolute atomic E-state index is 3.50. The highest BCUT2D eigenvalue weighted by molar-refractivity contribution is 4.79. The second kappa shape index (κ2) is 6.58. The molecule has 3 heteroatoms. The van der Waals surface area contributed by atoms with Crippen molar-refractivity contribution in [3.05, 3.63) is 0 Å². The van der Waals surface area contributed by atoms with E-state index < -0.39 is 0 Å². The monoisotopic (exact) mass is 225 g/mol. The van der Waals surface area contributed by atoms with Gasteiger partial charge in [0, 0.05) is 25.7 Å². The predicted molar refractivity (Wildman–Crippen MR) is 68.8 cm³/mol. The molecule has 1 N–H and O–H groups in total. The van der Waals surface area contributed by atoms with Crippen molar-refractivity contribution in [2.45, 2.75) is 38.6 Å². The second-order valence-corrected chi connectivity index (χ2v) is 5.20. The standard InChI is InChI=1S/C13H27N3/c1-2-13-12-14-6-11-16(13)10-5-9-15-7-3-4-8-15/h13-14H,2-12H2,1H3. The number of piperazine rings is 1. The SMILES string of the molecule is CCC1CNCCN1CCCN1CCCC1. The fraction of sp³-hybridized carbons (Fsp3) is 1.00. The minimum Gasteiger partial charge on any atom is -0.314 e. The minimum atomic E-state index is 0.785. The Hall–Kier alpha value is -0.120. The lowest BCUT2D eigenvalue weighted by Gasteiger charge is -2.36. The Labute approximate surface area is 100 Å². The maximum atomic E-state index is 3.50. The van der Waals surface area contributed by atoms with Gasteiger partial charge in [0.15, 0.2) is 0 Å². The van der Waals surface area contributed by atoms with Gasteiger partial charge in [-0.1, -0.05) is 6.92 Å². The lowest BCUT2D eigenvalue weighted by molar-refractivity contribution is 0.149. The Morgan fingerprint density at radius 3 is 2.69 bits per heavy atom. The van der Waals surface area contributed by atoms with Crippen LogP contribution in [-0.4, -0.2) is 61.7 Å². The van der Waals surface area contributed by atoms with Gasteiger partial charge in [-0.15, -0.1) is 0 Å². The summed E-state index contributed by atoms with van der Waals surface area (Å²) in [5.41, 5.74) is 0. The van der Waals surface area contributed by atoms with Crippen molar-refractivity contribution >= 4 is 0 Å². The molecule has 0 aromatic rings. The van der Waals surface area contributed by atoms with Gasteiger partial charge in [-0.2, -0.15) is 0 Å². The van der Waals surface area contributed by atoms with Crippen LogP contribution in [0.3, 0.4) is 0 Å². The van der Waals surface area contributed by atoms with Crippen LogP contribution in [0.2, 0.25) is 0 Å². The van der Waals surface area contributed by atoms with Gasteiger partial charge in [-0.3, -0.25) is 4.90 Å². The van der Waals surface area contributed by atoms with Gasteiger partial charge >= 0.3 is 0 Å². The fourth-order valence-corrected chi connectivity index (χ4v) is 3.00. The van der Waals surface area contributed by atoms with Crippen molar-refractivity contribution in [1.29, 1.82) is 0 Å². The van der Waals surface area contributed by atoms with E-state index in [1.54, 1.807) is 0 Å². The Morgan fingerprint density at radius 1 is 1.12 bits per heavy atom. The van der Waals surface area contributed by atoms with Crippen LogP contribution in [0, 0.1) is 0 Å². The molecule has 2 heterocycles. The average molecular weight is 225 g/mol. The summed E-state index contributed by atoms with van der Waals surface area (Å²) in [4.78, 5) is 5.32. The zero-order valence-corrected chi connectivity index (χ0v) is 10.7. The second-order valence-electron chi connectivity index (χ2n) is 5.20. The Kier molecular flexibility index (Phi) is 5.07. The topological polar surface area (TPSA) is 18.5 Å². The highest BCUT2D eigenvalue weighted by Gasteiger charge is 2.20. The van der Waals surface area contributed by atoms with E-state index in [9.17, 15) is 0 Å². The summed E-state index contributed by atoms with van der Waals surface area (Å²) in [5.74, 6) is 0. The number of likely N-dealkylation sites (tertiary alicyclic amines) is 1. The van der Waals surface area contributed by atoms with Crippen LogP contribution in [0.1, 0.15) is 32.6 Å². The lowest BCUT2D eigenvalue weighted by atomic mass is 10.1. The summed E-state index contributed by atoms with van der Waals surface area (Å²) in [6.07, 6.45) is 5.49. The van der Waals surface area contributed by atoms with Crippen LogP contribution in [0.25, 0.3) is 0 Å². The van der Waals surface area contributed by atoms with Crippen LogP contribution in [0.5, 0.6) is 0 Å². The smallest absolute Gasteiger partial charge is 0.0218 e. The van der Waals surface area contributed by atoms with Crippen LogP contribution in [-0.2, 0) is 0 Å². The highest BCUT2D eigenvalue weighted by atomic mass is 15.2. The molecule has 2 rings (SSSR count). The molecule has 2 aliphatic rings. The van der Waals surface area contributed by atoms with Crippen LogP contribution in [0.4, 0.5) is 0 Å². The van der Waals surface area contributed by atoms with Crippen molar-refractivity contribution in [1.82, 2.24) is 15.1 Å². The van der Waals surface area contributed by atoms with Gasteiger partial charge in [-0.25, -0.2) is 0 Å². The van der Waals surface area contributed by atoms with Crippen molar-refractivity contribution in [2.24, 2.45) is 0 Å². The molecule has 1 atom stereocenters. The highest BCUT2D eigenvalue weighted by Crippen LogP contribution is 2.10. The molecule has 0 bridgehead atoms. The molecule has 3 nitrogen and oxygen atoms in total. The normalized spacial score (nSPS) is 28.7. The lowest BCUT2D eigenvalue weighted by Crippen LogP contribution is -2.51. The van der Waals surface area contributed by atoms with Gasteiger partial charge < -0.3 is 10.2 Å². The average Bonchev–Trinajstić information content (AvgIpc) is 2.83. The molecule has 2 fully saturated rings. The molecule has 0 amide bonds. The van der Waals surface area contributed by atoms with E-state index in [4.69, 9.17) is 0 Å². The summed E-state index contributed by atoms with van der Waals surface area (Å²) in [5, 5.41) is 3.50. The molecule has 1 unspecified atom stereocenters. The first-order chi connectivity index (χ1) is 7.90. The van der Waals surface area contributed by atoms with E-state index in [-0.39, 0.29) is 0 Å². The van der Waals surface area contributed by atoms with Crippen LogP contribution >= 0.6 is 0 Å². The number of rotatable bonds is 5. The van der Waals surface area contributed by atoms with E-state index in [0.717, 1.165) is 6.04 Å². The van der Waals surface area contributed by atoms with Gasteiger partial charge in [0.2, 0.25) is 0 Å². The zero-order valence-electron chi connectivity index (χ0n) is 10.7. The third kappa shape index (κ3) is 3.44. The molecule has 0 aliphatic carbocycles.